The van der Waals surface area contributed by atoms with Crippen molar-refractivity contribution in [3.63, 3.8) is 0 Å². The Morgan fingerprint density at radius 2 is 1.65 bits per heavy atom. The summed E-state index contributed by atoms with van der Waals surface area (Å²) in [5.74, 6) is 1.54. The Kier molecular flexibility index (Phi) is 10.4. The van der Waals surface area contributed by atoms with Crippen LogP contribution in [0.3, 0.4) is 0 Å². The molecule has 0 aliphatic heterocycles. The first-order valence-corrected chi connectivity index (χ1v) is 8.56. The molecule has 0 aliphatic carbocycles. The van der Waals surface area contributed by atoms with Crippen LogP contribution >= 0.6 is 0 Å². The summed E-state index contributed by atoms with van der Waals surface area (Å²) < 4.78 is 5.34. The van der Waals surface area contributed by atoms with Crippen LogP contribution in [0.4, 0.5) is 0 Å². The summed E-state index contributed by atoms with van der Waals surface area (Å²) in [5, 5.41) is 0. The number of hydrogen-bond donors (Lipinski definition) is 0. The Morgan fingerprint density at radius 1 is 1.09 bits per heavy atom. The molecule has 0 radical (unpaired) electrons. The number of rotatable bonds is 9. The Bertz CT molecular complexity index is 467. The van der Waals surface area contributed by atoms with Gasteiger partial charge in [0.2, 0.25) is 0 Å². The van der Waals surface area contributed by atoms with E-state index in [9.17, 15) is 0 Å². The summed E-state index contributed by atoms with van der Waals surface area (Å²) in [6.45, 7) is 17.1. The van der Waals surface area contributed by atoms with Crippen molar-refractivity contribution in [2.75, 3.05) is 7.11 Å². The van der Waals surface area contributed by atoms with Gasteiger partial charge >= 0.3 is 0 Å². The molecule has 0 saturated carbocycles. The van der Waals surface area contributed by atoms with Gasteiger partial charge in [-0.1, -0.05) is 75.8 Å². The Labute approximate surface area is 144 Å². The van der Waals surface area contributed by atoms with E-state index in [0.717, 1.165) is 30.6 Å². The number of ether oxygens (including phenoxy) is 1. The van der Waals surface area contributed by atoms with Crippen molar-refractivity contribution in [1.82, 2.24) is 0 Å². The van der Waals surface area contributed by atoms with E-state index in [4.69, 9.17) is 4.74 Å². The number of methoxy groups -OCH3 is 1. The summed E-state index contributed by atoms with van der Waals surface area (Å²) in [4.78, 5) is 0. The van der Waals surface area contributed by atoms with Gasteiger partial charge in [-0.05, 0) is 44.1 Å². The van der Waals surface area contributed by atoms with Crippen molar-refractivity contribution in [1.29, 1.82) is 0 Å². The predicted molar refractivity (Wildman–Crippen MR) is 104 cm³/mol. The fourth-order valence-corrected chi connectivity index (χ4v) is 1.94. The topological polar surface area (TPSA) is 9.23 Å². The first-order chi connectivity index (χ1) is 10.7. The quantitative estimate of drug-likeness (QED) is 0.253. The Hall–Kier alpha value is -1.50. The van der Waals surface area contributed by atoms with E-state index in [-0.39, 0.29) is 0 Å². The molecule has 1 unspecified atom stereocenters. The molecule has 23 heavy (non-hydrogen) atoms. The van der Waals surface area contributed by atoms with E-state index in [1.54, 1.807) is 7.11 Å². The first kappa shape index (κ1) is 21.5. The second-order valence-electron chi connectivity index (χ2n) is 7.27. The smallest absolute Gasteiger partial charge is 0.0995 e. The van der Waals surface area contributed by atoms with Crippen molar-refractivity contribution in [3.8, 4) is 0 Å². The zero-order chi connectivity index (χ0) is 17.9. The molecule has 0 spiro atoms. The van der Waals surface area contributed by atoms with Crippen LogP contribution in [-0.2, 0) is 4.74 Å². The van der Waals surface area contributed by atoms with Gasteiger partial charge in [-0.3, -0.25) is 0 Å². The molecule has 0 N–H and O–H groups in total. The van der Waals surface area contributed by atoms with Gasteiger partial charge < -0.3 is 4.74 Å². The lowest BCUT2D eigenvalue weighted by Crippen LogP contribution is -2.14. The van der Waals surface area contributed by atoms with E-state index >= 15 is 0 Å². The molecule has 0 aliphatic rings. The second-order valence-corrected chi connectivity index (χ2v) is 7.27. The van der Waals surface area contributed by atoms with E-state index in [2.05, 4.69) is 71.6 Å². The van der Waals surface area contributed by atoms with Gasteiger partial charge in [0.1, 0.15) is 0 Å². The van der Waals surface area contributed by atoms with Crippen LogP contribution in [-0.4, -0.2) is 7.11 Å². The summed E-state index contributed by atoms with van der Waals surface area (Å²) >= 11 is 0. The Morgan fingerprint density at radius 3 is 2.13 bits per heavy atom. The minimum absolute atomic E-state index is 0.332. The van der Waals surface area contributed by atoms with E-state index in [1.807, 2.05) is 13.0 Å². The largest absolute Gasteiger partial charge is 0.501 e. The lowest BCUT2D eigenvalue weighted by atomic mass is 9.82. The molecule has 0 heterocycles. The van der Waals surface area contributed by atoms with Gasteiger partial charge in [-0.2, -0.15) is 0 Å². The standard InChI is InChI=1S/C22H36O/c1-9-20(15-12-13-19(4)22(5,6)7)14-10-11-16-21(23-8)17-18(2)3/h9-13,17,19H,2,14-16H2,1,3-8H3/b11-10-,13-12-,20-9-,21-17+. The minimum atomic E-state index is 0.332. The Balaban J connectivity index is 4.39. The van der Waals surface area contributed by atoms with Crippen LogP contribution in [0.5, 0.6) is 0 Å². The van der Waals surface area contributed by atoms with Gasteiger partial charge in [0.25, 0.3) is 0 Å². The number of allylic oxidation sites excluding steroid dienone is 8. The maximum absolute atomic E-state index is 5.34. The van der Waals surface area contributed by atoms with Crippen LogP contribution in [0, 0.1) is 11.3 Å². The highest BCUT2D eigenvalue weighted by molar-refractivity contribution is 5.18. The fraction of sp³-hybridized carbons (Fsp3) is 0.545. The fourth-order valence-electron chi connectivity index (χ4n) is 1.94. The van der Waals surface area contributed by atoms with Crippen molar-refractivity contribution < 1.29 is 4.74 Å². The zero-order valence-electron chi connectivity index (χ0n) is 16.3. The molecule has 130 valence electrons. The highest BCUT2D eigenvalue weighted by Gasteiger charge is 2.16. The van der Waals surface area contributed by atoms with Crippen molar-refractivity contribution in [2.45, 2.75) is 60.8 Å². The summed E-state index contributed by atoms with van der Waals surface area (Å²) in [6, 6.07) is 0. The third-order valence-corrected chi connectivity index (χ3v) is 4.11. The monoisotopic (exact) mass is 316 g/mol. The zero-order valence-corrected chi connectivity index (χ0v) is 16.3. The van der Waals surface area contributed by atoms with E-state index in [1.165, 1.54) is 5.57 Å². The normalized spacial score (nSPS) is 15.4. The molecule has 0 rings (SSSR count). The van der Waals surface area contributed by atoms with Crippen LogP contribution < -0.4 is 0 Å². The maximum Gasteiger partial charge on any atom is 0.0995 e. The molecule has 0 amide bonds. The first-order valence-electron chi connectivity index (χ1n) is 8.56. The second kappa shape index (κ2) is 11.1. The molecule has 1 atom stereocenters. The van der Waals surface area contributed by atoms with Crippen LogP contribution in [0.2, 0.25) is 0 Å². The molecular formula is C22H36O. The predicted octanol–water partition coefficient (Wildman–Crippen LogP) is 7.00. The highest BCUT2D eigenvalue weighted by atomic mass is 16.5. The molecule has 0 aromatic heterocycles. The van der Waals surface area contributed by atoms with Crippen molar-refractivity contribution in [3.05, 3.63) is 59.9 Å². The van der Waals surface area contributed by atoms with Gasteiger partial charge in [0.05, 0.1) is 12.9 Å². The van der Waals surface area contributed by atoms with Gasteiger partial charge in [0.15, 0.2) is 0 Å². The molecule has 0 fully saturated rings. The summed E-state index contributed by atoms with van der Waals surface area (Å²) in [7, 11) is 1.71. The molecule has 0 bridgehead atoms. The lowest BCUT2D eigenvalue weighted by Gasteiger charge is -2.24. The third kappa shape index (κ3) is 10.8. The highest BCUT2D eigenvalue weighted by Crippen LogP contribution is 2.26. The van der Waals surface area contributed by atoms with Gasteiger partial charge in [-0.25, -0.2) is 0 Å². The molecule has 0 saturated heterocycles. The average Bonchev–Trinajstić information content (AvgIpc) is 2.46. The SMILES string of the molecule is C=C(C)/C=C(\C/C=C\C/C(=C/C)C/C=C\C(C)C(C)(C)C)OC. The van der Waals surface area contributed by atoms with E-state index < -0.39 is 0 Å². The molecule has 1 heteroatoms. The maximum atomic E-state index is 5.34. The third-order valence-electron chi connectivity index (χ3n) is 4.11. The number of hydrogen-bond acceptors (Lipinski definition) is 1. The summed E-state index contributed by atoms with van der Waals surface area (Å²) in [5.41, 5.74) is 2.79. The van der Waals surface area contributed by atoms with E-state index in [0.29, 0.717) is 11.3 Å². The van der Waals surface area contributed by atoms with Gasteiger partial charge in [0, 0.05) is 6.42 Å². The minimum Gasteiger partial charge on any atom is -0.501 e. The molecule has 1 nitrogen and oxygen atoms in total. The molecule has 0 aromatic carbocycles. The summed E-state index contributed by atoms with van der Waals surface area (Å²) in [6.07, 6.45) is 16.1. The van der Waals surface area contributed by atoms with Crippen LogP contribution in [0.15, 0.2) is 59.9 Å². The molecule has 0 aromatic rings. The van der Waals surface area contributed by atoms with Gasteiger partial charge in [-0.15, -0.1) is 0 Å². The van der Waals surface area contributed by atoms with Crippen molar-refractivity contribution >= 4 is 0 Å². The molecular weight excluding hydrogens is 280 g/mol. The van der Waals surface area contributed by atoms with Crippen LogP contribution in [0.25, 0.3) is 0 Å². The van der Waals surface area contributed by atoms with Crippen LogP contribution in [0.1, 0.15) is 60.8 Å². The van der Waals surface area contributed by atoms with Crippen molar-refractivity contribution in [2.24, 2.45) is 11.3 Å². The average molecular weight is 317 g/mol. The lowest BCUT2D eigenvalue weighted by molar-refractivity contribution is 0.284.